The summed E-state index contributed by atoms with van der Waals surface area (Å²) in [6, 6.07) is 18.3. The molecule has 6 heteroatoms. The number of carbonyl (C=O) groups excluding carboxylic acids is 1. The molecule has 4 rings (SSSR count). The highest BCUT2D eigenvalue weighted by Crippen LogP contribution is 2.27. The first-order valence-corrected chi connectivity index (χ1v) is 13.2. The Morgan fingerprint density at radius 2 is 1.62 bits per heavy atom. The van der Waals surface area contributed by atoms with Gasteiger partial charge in [-0.1, -0.05) is 42.0 Å². The summed E-state index contributed by atoms with van der Waals surface area (Å²) in [6.07, 6.45) is 3.35. The van der Waals surface area contributed by atoms with E-state index in [-0.39, 0.29) is 23.4 Å². The molecule has 0 bridgehead atoms. The van der Waals surface area contributed by atoms with Gasteiger partial charge in [0, 0.05) is 0 Å². The number of hydrogen-bond acceptors (Lipinski definition) is 3. The molecule has 0 fully saturated rings. The van der Waals surface area contributed by atoms with Crippen molar-refractivity contribution in [3.63, 3.8) is 0 Å². The van der Waals surface area contributed by atoms with E-state index in [4.69, 9.17) is 0 Å². The van der Waals surface area contributed by atoms with Crippen LogP contribution in [-0.4, -0.2) is 20.9 Å². The molecular formula is C28H32N2O3S. The average Bonchev–Trinajstić information content (AvgIpc) is 3.27. The van der Waals surface area contributed by atoms with Gasteiger partial charge >= 0.3 is 0 Å². The van der Waals surface area contributed by atoms with Crippen LogP contribution >= 0.6 is 0 Å². The van der Waals surface area contributed by atoms with Crippen LogP contribution in [-0.2, 0) is 27.7 Å². The lowest BCUT2D eigenvalue weighted by Crippen LogP contribution is -2.41. The van der Waals surface area contributed by atoms with Crippen LogP contribution in [0.1, 0.15) is 52.8 Å². The highest BCUT2D eigenvalue weighted by Gasteiger charge is 2.28. The first-order chi connectivity index (χ1) is 16.1. The Kier molecular flexibility index (Phi) is 6.80. The van der Waals surface area contributed by atoms with Crippen LogP contribution in [0, 0.1) is 20.8 Å². The van der Waals surface area contributed by atoms with E-state index in [1.54, 1.807) is 30.3 Å². The minimum Gasteiger partial charge on any atom is -0.348 e. The maximum Gasteiger partial charge on any atom is 0.264 e. The van der Waals surface area contributed by atoms with Crippen molar-refractivity contribution in [1.29, 1.82) is 0 Å². The van der Waals surface area contributed by atoms with Gasteiger partial charge in [-0.25, -0.2) is 8.42 Å². The maximum absolute atomic E-state index is 13.6. The molecule has 1 aliphatic carbocycles. The third-order valence-electron chi connectivity index (χ3n) is 6.67. The Hall–Kier alpha value is -3.12. The zero-order chi connectivity index (χ0) is 24.5. The molecule has 3 aromatic carbocycles. The summed E-state index contributed by atoms with van der Waals surface area (Å²) < 4.78 is 28.4. The molecule has 0 aromatic heterocycles. The molecule has 1 aliphatic rings. The second-order valence-corrected chi connectivity index (χ2v) is 11.1. The minimum atomic E-state index is -3.93. The van der Waals surface area contributed by atoms with Crippen LogP contribution in [0.2, 0.25) is 0 Å². The number of fused-ring (bicyclic) bond motifs is 1. The Morgan fingerprint density at radius 3 is 2.32 bits per heavy atom. The molecule has 0 aliphatic heterocycles. The monoisotopic (exact) mass is 476 g/mol. The number of aryl methyl sites for hydroxylation is 5. The number of carbonyl (C=O) groups is 1. The second kappa shape index (κ2) is 9.63. The van der Waals surface area contributed by atoms with Crippen LogP contribution in [0.25, 0.3) is 0 Å². The van der Waals surface area contributed by atoms with Gasteiger partial charge in [-0.15, -0.1) is 0 Å². The summed E-state index contributed by atoms with van der Waals surface area (Å²) >= 11 is 0. The summed E-state index contributed by atoms with van der Waals surface area (Å²) in [6.45, 7) is 7.46. The van der Waals surface area contributed by atoms with Crippen molar-refractivity contribution in [2.24, 2.45) is 0 Å². The molecule has 1 N–H and O–H groups in total. The molecule has 1 atom stereocenters. The molecule has 0 heterocycles. The van der Waals surface area contributed by atoms with Gasteiger partial charge in [0.2, 0.25) is 5.91 Å². The molecule has 0 saturated heterocycles. The maximum atomic E-state index is 13.6. The first kappa shape index (κ1) is 24.0. The van der Waals surface area contributed by atoms with Gasteiger partial charge in [-0.3, -0.25) is 9.10 Å². The van der Waals surface area contributed by atoms with Crippen molar-refractivity contribution in [3.8, 4) is 0 Å². The largest absolute Gasteiger partial charge is 0.348 e. The third-order valence-corrected chi connectivity index (χ3v) is 8.46. The fourth-order valence-electron chi connectivity index (χ4n) is 4.40. The standard InChI is InChI=1S/C28H32N2O3S/c1-19-8-14-27(15-9-19)34(32,33)30(26-13-10-20(2)21(3)16-26)18-28(31)29-22(4)24-12-11-23-6-5-7-25(23)17-24/h8-17,22H,5-7,18H2,1-4H3,(H,29,31)/t22-/m1/s1. The molecule has 0 saturated carbocycles. The molecule has 1 amide bonds. The molecule has 0 unspecified atom stereocenters. The van der Waals surface area contributed by atoms with E-state index in [9.17, 15) is 13.2 Å². The van der Waals surface area contributed by atoms with E-state index >= 15 is 0 Å². The Labute approximate surface area is 202 Å². The van der Waals surface area contributed by atoms with Crippen molar-refractivity contribution in [2.75, 3.05) is 10.8 Å². The fraction of sp³-hybridized carbons (Fsp3) is 0.321. The van der Waals surface area contributed by atoms with Gasteiger partial charge in [0.25, 0.3) is 10.0 Å². The highest BCUT2D eigenvalue weighted by molar-refractivity contribution is 7.92. The van der Waals surface area contributed by atoms with E-state index in [0.717, 1.165) is 35.1 Å². The molecule has 5 nitrogen and oxygen atoms in total. The lowest BCUT2D eigenvalue weighted by Gasteiger charge is -2.26. The second-order valence-electron chi connectivity index (χ2n) is 9.26. The quantitative estimate of drug-likeness (QED) is 0.511. The summed E-state index contributed by atoms with van der Waals surface area (Å²) in [5.41, 5.74) is 7.24. The third kappa shape index (κ3) is 5.02. The Bertz CT molecular complexity index is 1310. The SMILES string of the molecule is Cc1ccc(S(=O)(=O)N(CC(=O)N[C@H](C)c2ccc3c(c2)CCC3)c2ccc(C)c(C)c2)cc1. The smallest absolute Gasteiger partial charge is 0.264 e. The van der Waals surface area contributed by atoms with Crippen molar-refractivity contribution in [1.82, 2.24) is 5.32 Å². The lowest BCUT2D eigenvalue weighted by molar-refractivity contribution is -0.120. The molecule has 34 heavy (non-hydrogen) atoms. The summed E-state index contributed by atoms with van der Waals surface area (Å²) in [5, 5.41) is 3.00. The Balaban J connectivity index is 1.60. The van der Waals surface area contributed by atoms with Crippen LogP contribution in [0.4, 0.5) is 5.69 Å². The number of nitrogens with zero attached hydrogens (tertiary/aromatic N) is 1. The van der Waals surface area contributed by atoms with Crippen molar-refractivity contribution in [2.45, 2.75) is 57.9 Å². The Morgan fingerprint density at radius 1 is 0.912 bits per heavy atom. The summed E-state index contributed by atoms with van der Waals surface area (Å²) in [7, 11) is -3.93. The zero-order valence-corrected chi connectivity index (χ0v) is 21.1. The van der Waals surface area contributed by atoms with Crippen LogP contribution in [0.5, 0.6) is 0 Å². The number of hydrogen-bond donors (Lipinski definition) is 1. The summed E-state index contributed by atoms with van der Waals surface area (Å²) in [5.74, 6) is -0.345. The molecule has 178 valence electrons. The van der Waals surface area contributed by atoms with Crippen molar-refractivity contribution >= 4 is 21.6 Å². The number of benzene rings is 3. The van der Waals surface area contributed by atoms with Crippen LogP contribution < -0.4 is 9.62 Å². The number of anilines is 1. The van der Waals surface area contributed by atoms with E-state index in [2.05, 4.69) is 23.5 Å². The van der Waals surface area contributed by atoms with E-state index in [1.807, 2.05) is 39.8 Å². The molecule has 3 aromatic rings. The van der Waals surface area contributed by atoms with Gasteiger partial charge in [-0.2, -0.15) is 0 Å². The van der Waals surface area contributed by atoms with Crippen LogP contribution in [0.15, 0.2) is 65.6 Å². The summed E-state index contributed by atoms with van der Waals surface area (Å²) in [4.78, 5) is 13.3. The van der Waals surface area contributed by atoms with Gasteiger partial charge in [0.05, 0.1) is 16.6 Å². The van der Waals surface area contributed by atoms with Crippen molar-refractivity contribution in [3.05, 3.63) is 94.0 Å². The predicted octanol–water partition coefficient (Wildman–Crippen LogP) is 5.17. The number of nitrogens with one attached hydrogen (secondary N) is 1. The average molecular weight is 477 g/mol. The van der Waals surface area contributed by atoms with Gasteiger partial charge in [0.1, 0.15) is 6.54 Å². The number of rotatable bonds is 7. The van der Waals surface area contributed by atoms with E-state index < -0.39 is 10.0 Å². The fourth-order valence-corrected chi connectivity index (χ4v) is 5.81. The van der Waals surface area contributed by atoms with Gasteiger partial charge in [-0.05, 0) is 99.0 Å². The predicted molar refractivity (Wildman–Crippen MR) is 137 cm³/mol. The molecule has 0 spiro atoms. The zero-order valence-electron chi connectivity index (χ0n) is 20.3. The minimum absolute atomic E-state index is 0.163. The van der Waals surface area contributed by atoms with Crippen LogP contribution in [0.3, 0.4) is 0 Å². The normalized spacial score (nSPS) is 13.9. The molecular weight excluding hydrogens is 444 g/mol. The van der Waals surface area contributed by atoms with Gasteiger partial charge in [0.15, 0.2) is 0 Å². The first-order valence-electron chi connectivity index (χ1n) is 11.7. The number of amides is 1. The topological polar surface area (TPSA) is 66.5 Å². The molecule has 0 radical (unpaired) electrons. The number of sulfonamides is 1. The highest BCUT2D eigenvalue weighted by atomic mass is 32.2. The lowest BCUT2D eigenvalue weighted by atomic mass is 10.0. The van der Waals surface area contributed by atoms with Gasteiger partial charge < -0.3 is 5.32 Å². The van der Waals surface area contributed by atoms with E-state index in [0.29, 0.717) is 5.69 Å². The van der Waals surface area contributed by atoms with Crippen molar-refractivity contribution < 1.29 is 13.2 Å². The van der Waals surface area contributed by atoms with E-state index in [1.165, 1.54) is 21.9 Å².